The van der Waals surface area contributed by atoms with Gasteiger partial charge in [0.1, 0.15) is 11.5 Å². The van der Waals surface area contributed by atoms with Gasteiger partial charge in [-0.2, -0.15) is 20.1 Å². The van der Waals surface area contributed by atoms with E-state index in [0.29, 0.717) is 37.6 Å². The summed E-state index contributed by atoms with van der Waals surface area (Å²) in [5, 5.41) is 10.00. The molecule has 11 nitrogen and oxygen atoms in total. The van der Waals surface area contributed by atoms with Crippen molar-refractivity contribution in [1.29, 1.82) is 0 Å². The average molecular weight is 586 g/mol. The Morgan fingerprint density at radius 3 is 1.98 bits per heavy atom. The Balaban J connectivity index is 1.44. The third-order valence-electron chi connectivity index (χ3n) is 5.29. The van der Waals surface area contributed by atoms with Gasteiger partial charge in [0.05, 0.1) is 19.4 Å². The highest BCUT2D eigenvalue weighted by Gasteiger charge is 2.31. The molecule has 0 saturated carbocycles. The lowest BCUT2D eigenvalue weighted by Crippen LogP contribution is -2.39. The highest BCUT2D eigenvalue weighted by atomic mass is 19.4. The van der Waals surface area contributed by atoms with E-state index in [1.54, 1.807) is 0 Å². The molecule has 1 aliphatic rings. The summed E-state index contributed by atoms with van der Waals surface area (Å²) >= 11 is 0. The molecule has 0 unspecified atom stereocenters. The molecular weight excluding hydrogens is 562 g/mol. The average Bonchev–Trinajstić information content (AvgIpc) is 2.90. The Morgan fingerprint density at radius 2 is 1.37 bits per heavy atom. The van der Waals surface area contributed by atoms with Gasteiger partial charge in [0.2, 0.25) is 17.8 Å². The van der Waals surface area contributed by atoms with Crippen molar-refractivity contribution in [2.75, 3.05) is 55.5 Å². The van der Waals surface area contributed by atoms with E-state index in [0.717, 1.165) is 37.4 Å². The second-order valence-corrected chi connectivity index (χ2v) is 8.37. The molecule has 4 rings (SSSR count). The Hall–Kier alpha value is -4.38. The van der Waals surface area contributed by atoms with Crippen LogP contribution < -0.4 is 25.5 Å². The monoisotopic (exact) mass is 586 g/mol. The molecule has 1 aliphatic heterocycles. The minimum atomic E-state index is -4.81. The van der Waals surface area contributed by atoms with E-state index >= 15 is 0 Å². The maximum absolute atomic E-state index is 12.4. The number of hydrogen-bond donors (Lipinski definition) is 3. The van der Waals surface area contributed by atoms with E-state index in [1.165, 1.54) is 30.5 Å². The van der Waals surface area contributed by atoms with Gasteiger partial charge in [0.25, 0.3) is 0 Å². The van der Waals surface area contributed by atoms with Crippen molar-refractivity contribution in [1.82, 2.24) is 19.9 Å². The molecular formula is C24H24F6N8O3. The molecule has 0 bridgehead atoms. The first-order valence-corrected chi connectivity index (χ1v) is 12.1. The van der Waals surface area contributed by atoms with Gasteiger partial charge in [-0.1, -0.05) is 0 Å². The van der Waals surface area contributed by atoms with E-state index < -0.39 is 12.7 Å². The lowest BCUT2D eigenvalue weighted by atomic mass is 10.2. The first kappa shape index (κ1) is 29.6. The lowest BCUT2D eigenvalue weighted by Gasteiger charge is -2.26. The number of benzene rings is 2. The highest BCUT2D eigenvalue weighted by Crippen LogP contribution is 2.25. The van der Waals surface area contributed by atoms with E-state index in [2.05, 4.69) is 50.5 Å². The van der Waals surface area contributed by atoms with Gasteiger partial charge in [0.15, 0.2) is 0 Å². The molecule has 2 aromatic carbocycles. The zero-order valence-corrected chi connectivity index (χ0v) is 21.2. The number of ether oxygens (including phenoxy) is 3. The van der Waals surface area contributed by atoms with Crippen molar-refractivity contribution in [3.8, 4) is 11.5 Å². The number of anilines is 4. The molecule has 1 saturated heterocycles. The molecule has 3 N–H and O–H groups in total. The van der Waals surface area contributed by atoms with Crippen molar-refractivity contribution in [3.63, 3.8) is 0 Å². The van der Waals surface area contributed by atoms with Crippen LogP contribution in [-0.2, 0) is 4.74 Å². The predicted octanol–water partition coefficient (Wildman–Crippen LogP) is 4.60. The van der Waals surface area contributed by atoms with Crippen LogP contribution in [0.3, 0.4) is 0 Å². The van der Waals surface area contributed by atoms with Crippen LogP contribution in [0.25, 0.3) is 0 Å². The Morgan fingerprint density at radius 1 is 0.805 bits per heavy atom. The third-order valence-corrected chi connectivity index (χ3v) is 5.29. The number of nitrogens with one attached hydrogen (secondary N) is 3. The fraction of sp³-hybridized carbons (Fsp3) is 0.333. The van der Waals surface area contributed by atoms with E-state index in [1.807, 2.05) is 0 Å². The van der Waals surface area contributed by atoms with Gasteiger partial charge in [0, 0.05) is 31.9 Å². The number of aromatic nitrogens is 3. The van der Waals surface area contributed by atoms with Crippen LogP contribution in [0.4, 0.5) is 49.9 Å². The van der Waals surface area contributed by atoms with Crippen LogP contribution in [0.1, 0.15) is 5.56 Å². The quantitative estimate of drug-likeness (QED) is 0.167. The zero-order chi connectivity index (χ0) is 29.3. The maximum atomic E-state index is 12.4. The van der Waals surface area contributed by atoms with Crippen molar-refractivity contribution in [3.05, 3.63) is 54.1 Å². The summed E-state index contributed by atoms with van der Waals surface area (Å²) < 4.78 is 87.4. The second kappa shape index (κ2) is 13.3. The van der Waals surface area contributed by atoms with E-state index in [4.69, 9.17) is 4.74 Å². The summed E-state index contributed by atoms with van der Waals surface area (Å²) in [6, 6.07) is 10.00. The SMILES string of the molecule is FC(F)(F)Oc1ccc(/C=N/Nc2nc(NCCN3CCOCC3)nc(Nc3ccc(OC(F)(F)F)cc3)n2)cc1. The molecule has 41 heavy (non-hydrogen) atoms. The Labute approximate surface area is 229 Å². The van der Waals surface area contributed by atoms with Crippen molar-refractivity contribution >= 4 is 29.7 Å². The van der Waals surface area contributed by atoms with Crippen LogP contribution in [0.15, 0.2) is 53.6 Å². The summed E-state index contributed by atoms with van der Waals surface area (Å²) in [7, 11) is 0. The number of hydrazone groups is 1. The van der Waals surface area contributed by atoms with Crippen LogP contribution in [0.2, 0.25) is 0 Å². The lowest BCUT2D eigenvalue weighted by molar-refractivity contribution is -0.275. The molecule has 0 amide bonds. The summed E-state index contributed by atoms with van der Waals surface area (Å²) in [5.74, 6) is -0.494. The summed E-state index contributed by atoms with van der Waals surface area (Å²) in [6.07, 6.45) is -8.28. The Bertz CT molecular complexity index is 1280. The topological polar surface area (TPSA) is 118 Å². The van der Waals surface area contributed by atoms with Gasteiger partial charge in [-0.05, 0) is 54.1 Å². The standard InChI is InChI=1S/C24H24F6N8O3/c25-23(26,27)40-18-5-1-16(2-6-18)15-32-37-22-35-20(31-9-10-38-11-13-39-14-12-38)34-21(36-22)33-17-3-7-19(8-4-17)41-24(28,29)30/h1-8,15H,9-14H2,(H3,31,33,34,35,36,37)/b32-15+. The van der Waals surface area contributed by atoms with Gasteiger partial charge < -0.3 is 24.8 Å². The van der Waals surface area contributed by atoms with Gasteiger partial charge in [-0.15, -0.1) is 26.3 Å². The molecule has 0 spiro atoms. The molecule has 0 aliphatic carbocycles. The number of rotatable bonds is 11. The predicted molar refractivity (Wildman–Crippen MR) is 136 cm³/mol. The first-order chi connectivity index (χ1) is 19.5. The molecule has 1 fully saturated rings. The number of nitrogens with zero attached hydrogens (tertiary/aromatic N) is 5. The fourth-order valence-electron chi connectivity index (χ4n) is 3.50. The fourth-order valence-corrected chi connectivity index (χ4v) is 3.50. The molecule has 0 radical (unpaired) electrons. The molecule has 0 atom stereocenters. The second-order valence-electron chi connectivity index (χ2n) is 8.37. The van der Waals surface area contributed by atoms with Crippen molar-refractivity contribution in [2.24, 2.45) is 5.10 Å². The van der Waals surface area contributed by atoms with E-state index in [9.17, 15) is 26.3 Å². The van der Waals surface area contributed by atoms with Crippen LogP contribution in [-0.4, -0.2) is 78.2 Å². The largest absolute Gasteiger partial charge is 0.573 e. The summed E-state index contributed by atoms with van der Waals surface area (Å²) in [5.41, 5.74) is 3.47. The van der Waals surface area contributed by atoms with Crippen LogP contribution in [0, 0.1) is 0 Å². The first-order valence-electron chi connectivity index (χ1n) is 12.1. The molecule has 2 heterocycles. The number of alkyl halides is 6. The zero-order valence-electron chi connectivity index (χ0n) is 21.2. The minimum Gasteiger partial charge on any atom is -0.406 e. The Kier molecular flexibility index (Phi) is 9.61. The van der Waals surface area contributed by atoms with Crippen molar-refractivity contribution < 1.29 is 40.6 Å². The van der Waals surface area contributed by atoms with Crippen LogP contribution in [0.5, 0.6) is 11.5 Å². The van der Waals surface area contributed by atoms with E-state index in [-0.39, 0.29) is 29.3 Å². The summed E-state index contributed by atoms with van der Waals surface area (Å²) in [4.78, 5) is 15.0. The normalized spacial score (nSPS) is 14.6. The molecule has 1 aromatic heterocycles. The molecule has 220 valence electrons. The summed E-state index contributed by atoms with van der Waals surface area (Å²) in [6.45, 7) is 4.10. The molecule has 17 heteroatoms. The number of halogens is 6. The number of hydrogen-bond acceptors (Lipinski definition) is 11. The maximum Gasteiger partial charge on any atom is 0.573 e. The van der Waals surface area contributed by atoms with Gasteiger partial charge in [-0.25, -0.2) is 5.43 Å². The smallest absolute Gasteiger partial charge is 0.406 e. The highest BCUT2D eigenvalue weighted by molar-refractivity contribution is 5.80. The molecule has 3 aromatic rings. The van der Waals surface area contributed by atoms with Gasteiger partial charge >= 0.3 is 12.7 Å². The minimum absolute atomic E-state index is 0.0154. The van der Waals surface area contributed by atoms with Crippen molar-refractivity contribution in [2.45, 2.75) is 12.7 Å². The number of morpholine rings is 1. The van der Waals surface area contributed by atoms with Crippen LogP contribution >= 0.6 is 0 Å². The third kappa shape index (κ3) is 10.6. The van der Waals surface area contributed by atoms with Gasteiger partial charge in [-0.3, -0.25) is 4.90 Å².